The minimum absolute atomic E-state index is 0.0699. The van der Waals surface area contributed by atoms with Crippen molar-refractivity contribution < 1.29 is 12.6 Å². The van der Waals surface area contributed by atoms with Crippen LogP contribution in [0.15, 0.2) is 66.9 Å². The van der Waals surface area contributed by atoms with Crippen LogP contribution in [0, 0.1) is 18.2 Å². The summed E-state index contributed by atoms with van der Waals surface area (Å²) in [6.45, 7) is 11.8. The largest absolute Gasteiger partial charge is 0.323 e. The van der Waals surface area contributed by atoms with E-state index < -0.39 is 20.2 Å². The Balaban J connectivity index is 0.00000106. The Labute approximate surface area is 300 Å². The van der Waals surface area contributed by atoms with Gasteiger partial charge in [0.25, 0.3) is 0 Å². The summed E-state index contributed by atoms with van der Waals surface area (Å²) in [4.78, 5) is 22.2. The molecule has 2 aromatic carbocycles. The molecule has 1 atom stereocenters. The summed E-state index contributed by atoms with van der Waals surface area (Å²) in [5.41, 5.74) is 6.44. The molecule has 7 nitrogen and oxygen atoms in total. The van der Waals surface area contributed by atoms with Crippen molar-refractivity contribution in [2.45, 2.75) is 64.2 Å². The van der Waals surface area contributed by atoms with Crippen LogP contribution >= 0.6 is 32.9 Å². The van der Waals surface area contributed by atoms with Crippen LogP contribution in [-0.2, 0) is 6.42 Å². The van der Waals surface area contributed by atoms with Gasteiger partial charge in [-0.15, -0.1) is 0 Å². The molecule has 0 aliphatic heterocycles. The van der Waals surface area contributed by atoms with Crippen molar-refractivity contribution in [2.24, 2.45) is 5.41 Å². The van der Waals surface area contributed by atoms with E-state index in [1.807, 2.05) is 59.1 Å². The first-order valence-electron chi connectivity index (χ1n) is 16.6. The van der Waals surface area contributed by atoms with Gasteiger partial charge in [0.15, 0.2) is 0 Å². The van der Waals surface area contributed by atoms with Crippen LogP contribution in [-0.4, -0.2) is 57.3 Å². The predicted octanol–water partition coefficient (Wildman–Crippen LogP) is 8.34. The molecule has 4 N–H and O–H groups in total. The van der Waals surface area contributed by atoms with Crippen molar-refractivity contribution in [1.82, 2.24) is 25.9 Å². The van der Waals surface area contributed by atoms with Gasteiger partial charge in [-0.05, 0) is 26.4 Å². The van der Waals surface area contributed by atoms with Crippen LogP contribution in [0.25, 0.3) is 22.2 Å². The van der Waals surface area contributed by atoms with Crippen LogP contribution in [0.4, 0.5) is 4.39 Å². The Kier molecular flexibility index (Phi) is 18.6. The third-order valence-corrected chi connectivity index (χ3v) is 12.5. The number of pyridine rings is 2. The van der Waals surface area contributed by atoms with Crippen LogP contribution in [0.3, 0.4) is 0 Å². The number of nitrogens with one attached hydrogen (secondary N) is 3. The van der Waals surface area contributed by atoms with Crippen LogP contribution in [0.1, 0.15) is 78.1 Å². The van der Waals surface area contributed by atoms with Gasteiger partial charge in [-0.2, -0.15) is 12.6 Å². The van der Waals surface area contributed by atoms with Gasteiger partial charge in [0.2, 0.25) is 0 Å². The van der Waals surface area contributed by atoms with Crippen LogP contribution in [0.5, 0.6) is 0 Å². The number of hydrogen-bond acceptors (Lipinski definition) is 7. The second-order valence-electron chi connectivity index (χ2n) is 11.7. The van der Waals surface area contributed by atoms with Crippen molar-refractivity contribution in [3.05, 3.63) is 95.1 Å². The second kappa shape index (κ2) is 21.4. The molecular weight excluding hydrogens is 736 g/mol. The summed E-state index contributed by atoms with van der Waals surface area (Å²) < 4.78 is 25.9. The molecule has 0 radical (unpaired) electrons. The minimum atomic E-state index is -2.36. The number of carbonyl (C=O) groups is 1. The topological polar surface area (TPSA) is 99.2 Å². The standard InChI is InChI=1S/C33H38FIN4O2.C2H7N.C2H6.CH4S/c1-4-29(35(41)21-36-20-33(3)14-15-33)28-19-27(39-31(22(28)2)23-7-10-26(34)11-8-23)13-17-38-32(40)25-9-12-30-24(18-25)6-5-16-37-30;1-3-2;2*1-2/h5-12,16,18-19,29,36,41H,4,13-15,17,20-21H2,1-3H3,(H,38,40);3H,1-2H3;1-2H3;2H,1H3. The van der Waals surface area contributed by atoms with Crippen molar-refractivity contribution in [1.29, 1.82) is 0 Å². The van der Waals surface area contributed by atoms with E-state index in [1.165, 1.54) is 25.0 Å². The zero-order chi connectivity index (χ0) is 35.7. The van der Waals surface area contributed by atoms with Crippen molar-refractivity contribution in [3.63, 3.8) is 0 Å². The number of fused-ring (bicyclic) bond motifs is 1. The number of nitrogens with zero attached hydrogens (tertiary/aromatic N) is 2. The molecule has 2 heterocycles. The van der Waals surface area contributed by atoms with E-state index in [-0.39, 0.29) is 15.6 Å². The third-order valence-electron chi connectivity index (χ3n) is 7.90. The van der Waals surface area contributed by atoms with Gasteiger partial charge in [-0.1, -0.05) is 13.8 Å². The van der Waals surface area contributed by atoms with Gasteiger partial charge in [0.1, 0.15) is 0 Å². The summed E-state index contributed by atoms with van der Waals surface area (Å²) in [5.74, 6) is -0.437. The SMILES string of the molecule is CC.CCC(c1cc(CCNC(=O)c2ccc3ncccc3c2)nc(-c2ccc(F)cc2)c1C)I(O)CNCC1(C)CC1.CNC.CS. The molecule has 1 aliphatic rings. The van der Waals surface area contributed by atoms with Crippen molar-refractivity contribution in [2.75, 3.05) is 38.0 Å². The molecular formula is C38H55FIN5O2S. The average molecular weight is 792 g/mol. The monoisotopic (exact) mass is 791 g/mol. The number of hydrogen-bond donors (Lipinski definition) is 5. The van der Waals surface area contributed by atoms with E-state index in [1.54, 1.807) is 30.7 Å². The molecule has 1 saturated carbocycles. The van der Waals surface area contributed by atoms with E-state index in [2.05, 4.69) is 53.5 Å². The molecule has 1 unspecified atom stereocenters. The normalized spacial score (nSPS) is 13.4. The molecule has 0 spiro atoms. The number of carbonyl (C=O) groups excluding carboxylic acids is 1. The van der Waals surface area contributed by atoms with E-state index >= 15 is 0 Å². The molecule has 10 heteroatoms. The maximum atomic E-state index is 13.7. The first kappa shape index (κ1) is 41.5. The molecule has 4 aromatic rings. The maximum Gasteiger partial charge on any atom is -0.0167 e. The number of benzene rings is 2. The summed E-state index contributed by atoms with van der Waals surface area (Å²) in [6, 6.07) is 17.8. The fourth-order valence-corrected chi connectivity index (χ4v) is 8.90. The predicted molar refractivity (Wildman–Crippen MR) is 213 cm³/mol. The average Bonchev–Trinajstić information content (AvgIpc) is 3.85. The van der Waals surface area contributed by atoms with Gasteiger partial charge in [0, 0.05) is 6.20 Å². The Hall–Kier alpha value is -2.64. The van der Waals surface area contributed by atoms with E-state index in [4.69, 9.17) is 4.98 Å². The van der Waals surface area contributed by atoms with Crippen LogP contribution in [0.2, 0.25) is 0 Å². The van der Waals surface area contributed by atoms with Gasteiger partial charge in [-0.25, -0.2) is 0 Å². The van der Waals surface area contributed by atoms with Crippen molar-refractivity contribution in [3.8, 4) is 11.3 Å². The molecule has 1 aliphatic carbocycles. The molecule has 1 fully saturated rings. The molecule has 0 bridgehead atoms. The summed E-state index contributed by atoms with van der Waals surface area (Å²) >= 11 is 1.17. The van der Waals surface area contributed by atoms with E-state index in [9.17, 15) is 12.6 Å². The summed E-state index contributed by atoms with van der Waals surface area (Å²) in [5, 5.41) is 10.2. The minimum Gasteiger partial charge on any atom is -0.323 e. The molecule has 1 amide bonds. The molecule has 2 aromatic heterocycles. The number of amides is 1. The Morgan fingerprint density at radius 3 is 2.38 bits per heavy atom. The number of alkyl halides is 2. The van der Waals surface area contributed by atoms with Gasteiger partial charge >= 0.3 is 233 Å². The third kappa shape index (κ3) is 12.4. The first-order valence-corrected chi connectivity index (χ1v) is 21.3. The quantitative estimate of drug-likeness (QED) is 0.0429. The van der Waals surface area contributed by atoms with E-state index in [0.29, 0.717) is 28.5 Å². The molecule has 48 heavy (non-hydrogen) atoms. The fourth-order valence-electron chi connectivity index (χ4n) is 5.11. The smallest absolute Gasteiger partial charge is 0.0167 e. The summed E-state index contributed by atoms with van der Waals surface area (Å²) in [6.07, 6.45) is 7.30. The molecule has 264 valence electrons. The number of halogens is 2. The van der Waals surface area contributed by atoms with Gasteiger partial charge in [0.05, 0.1) is 0 Å². The van der Waals surface area contributed by atoms with Gasteiger partial charge < -0.3 is 5.32 Å². The number of aromatic nitrogens is 2. The summed E-state index contributed by atoms with van der Waals surface area (Å²) in [7, 11) is 3.75. The maximum absolute atomic E-state index is 13.7. The van der Waals surface area contributed by atoms with E-state index in [0.717, 1.165) is 51.9 Å². The first-order chi connectivity index (χ1) is 23.2. The van der Waals surface area contributed by atoms with Gasteiger partial charge in [-0.3, -0.25) is 4.98 Å². The molecule has 5 rings (SSSR count). The Bertz CT molecular complexity index is 1550. The molecule has 0 saturated heterocycles. The fraction of sp³-hybridized carbons (Fsp3) is 0.447. The Morgan fingerprint density at radius 1 is 1.08 bits per heavy atom. The van der Waals surface area contributed by atoms with Crippen molar-refractivity contribution >= 4 is 49.7 Å². The number of thiol groups is 1. The zero-order valence-corrected chi connectivity index (χ0v) is 32.9. The zero-order valence-electron chi connectivity index (χ0n) is 29.8. The second-order valence-corrected chi connectivity index (χ2v) is 16.1. The Morgan fingerprint density at radius 2 is 1.75 bits per heavy atom. The number of rotatable bonds is 12. The van der Waals surface area contributed by atoms with Crippen LogP contribution < -0.4 is 16.0 Å².